The van der Waals surface area contributed by atoms with Gasteiger partial charge in [0.15, 0.2) is 5.78 Å². The van der Waals surface area contributed by atoms with Gasteiger partial charge in [0, 0.05) is 25.5 Å². The van der Waals surface area contributed by atoms with Crippen molar-refractivity contribution in [1.29, 1.82) is 0 Å². The fraction of sp³-hybridized carbons (Fsp3) is 0.429. The summed E-state index contributed by atoms with van der Waals surface area (Å²) in [6.07, 6.45) is 1.01. The Labute approximate surface area is 131 Å². The number of benzene rings is 1. The zero-order chi connectivity index (χ0) is 16.4. The molecule has 1 aromatic carbocycles. The molecule has 1 atom stereocenters. The minimum absolute atomic E-state index is 0.0560. The number of amides is 1. The van der Waals surface area contributed by atoms with Crippen LogP contribution in [0, 0.1) is 10.1 Å². The van der Waals surface area contributed by atoms with Crippen molar-refractivity contribution in [1.82, 2.24) is 5.32 Å². The summed E-state index contributed by atoms with van der Waals surface area (Å²) in [5.74, 6) is -0.626. The highest BCUT2D eigenvalue weighted by atomic mass is 35.5. The number of hydrogen-bond acceptors (Lipinski definition) is 5. The lowest BCUT2D eigenvalue weighted by molar-refractivity contribution is -0.385. The molecule has 0 aromatic heterocycles. The van der Waals surface area contributed by atoms with E-state index in [1.54, 1.807) is 0 Å². The van der Waals surface area contributed by atoms with E-state index in [2.05, 4.69) is 5.32 Å². The molecule has 0 bridgehead atoms. The van der Waals surface area contributed by atoms with E-state index < -0.39 is 4.92 Å². The normalized spacial score (nSPS) is 17.4. The van der Waals surface area contributed by atoms with Crippen molar-refractivity contribution in [2.24, 2.45) is 0 Å². The Bertz CT molecular complexity index is 659. The molecular weight excluding hydrogens is 312 g/mol. The van der Waals surface area contributed by atoms with Gasteiger partial charge in [0.05, 0.1) is 22.6 Å². The molecule has 0 heterocycles. The molecule has 1 aliphatic carbocycles. The van der Waals surface area contributed by atoms with Crippen molar-refractivity contribution in [2.75, 3.05) is 7.11 Å². The molecule has 0 radical (unpaired) electrons. The first-order valence-corrected chi connectivity index (χ1v) is 7.07. The first-order valence-electron chi connectivity index (χ1n) is 6.69. The van der Waals surface area contributed by atoms with Gasteiger partial charge in [-0.2, -0.15) is 0 Å². The van der Waals surface area contributed by atoms with Crippen LogP contribution >= 0.6 is 11.6 Å². The first kappa shape index (κ1) is 16.2. The molecule has 2 rings (SSSR count). The number of nitro groups is 1. The maximum Gasteiger partial charge on any atom is 0.313 e. The van der Waals surface area contributed by atoms with Gasteiger partial charge in [-0.3, -0.25) is 19.7 Å². The quantitative estimate of drug-likeness (QED) is 0.522. The van der Waals surface area contributed by atoms with Crippen molar-refractivity contribution in [3.05, 3.63) is 32.3 Å². The fourth-order valence-corrected chi connectivity index (χ4v) is 2.99. The monoisotopic (exact) mass is 326 g/mol. The molecule has 0 saturated carbocycles. The standard InChI is InChI=1S/C14H15ClN2O5/c1-7(18)16-8-3-4-9-10(15)6-11(17(20)21)14(22-2)13(9)12(19)5-8/h6,8H,3-5H2,1-2H3,(H,16,18)/t8-/m0/s1. The molecule has 8 heteroatoms. The van der Waals surface area contributed by atoms with Gasteiger partial charge in [0.25, 0.3) is 0 Å². The number of fused-ring (bicyclic) bond motifs is 1. The van der Waals surface area contributed by atoms with E-state index in [0.29, 0.717) is 18.4 Å². The molecule has 1 amide bonds. The van der Waals surface area contributed by atoms with E-state index in [9.17, 15) is 19.7 Å². The number of carbonyl (C=O) groups is 2. The number of methoxy groups -OCH3 is 1. The summed E-state index contributed by atoms with van der Waals surface area (Å²) in [6.45, 7) is 1.38. The molecule has 1 aromatic rings. The Kier molecular flexibility index (Phi) is 4.65. The van der Waals surface area contributed by atoms with Gasteiger partial charge in [-0.05, 0) is 18.4 Å². The smallest absolute Gasteiger partial charge is 0.313 e. The number of hydrogen-bond donors (Lipinski definition) is 1. The van der Waals surface area contributed by atoms with Crippen LogP contribution in [0.1, 0.15) is 35.7 Å². The second-order valence-corrected chi connectivity index (χ2v) is 5.49. The topological polar surface area (TPSA) is 98.5 Å². The number of rotatable bonds is 3. The zero-order valence-corrected chi connectivity index (χ0v) is 12.9. The van der Waals surface area contributed by atoms with Crippen LogP contribution in [0.4, 0.5) is 5.69 Å². The number of ether oxygens (including phenoxy) is 1. The van der Waals surface area contributed by atoms with Crippen LogP contribution in [-0.2, 0) is 11.2 Å². The van der Waals surface area contributed by atoms with Gasteiger partial charge in [0.2, 0.25) is 11.7 Å². The van der Waals surface area contributed by atoms with E-state index in [1.165, 1.54) is 20.1 Å². The minimum Gasteiger partial charge on any atom is -0.490 e. The molecule has 0 spiro atoms. The fourth-order valence-electron chi connectivity index (χ4n) is 2.70. The van der Waals surface area contributed by atoms with Gasteiger partial charge in [-0.25, -0.2) is 0 Å². The molecule has 22 heavy (non-hydrogen) atoms. The molecule has 1 aliphatic rings. The summed E-state index contributed by atoms with van der Waals surface area (Å²) in [5, 5.41) is 14.0. The Morgan fingerprint density at radius 2 is 2.23 bits per heavy atom. The first-order chi connectivity index (χ1) is 10.3. The van der Waals surface area contributed by atoms with Crippen LogP contribution in [0.2, 0.25) is 5.02 Å². The number of ketones is 1. The predicted molar refractivity (Wildman–Crippen MR) is 79.5 cm³/mol. The van der Waals surface area contributed by atoms with Crippen LogP contribution in [0.3, 0.4) is 0 Å². The summed E-state index contributed by atoms with van der Waals surface area (Å²) < 4.78 is 5.09. The SMILES string of the molecule is COc1c([N+](=O)[O-])cc(Cl)c2c1C(=O)C[C@@H](NC(C)=O)CC2. The van der Waals surface area contributed by atoms with Gasteiger partial charge >= 0.3 is 5.69 Å². The van der Waals surface area contributed by atoms with Crippen molar-refractivity contribution >= 4 is 29.0 Å². The van der Waals surface area contributed by atoms with Crippen LogP contribution in [-0.4, -0.2) is 29.8 Å². The Morgan fingerprint density at radius 1 is 1.55 bits per heavy atom. The summed E-state index contributed by atoms with van der Waals surface area (Å²) in [7, 11) is 1.28. The lowest BCUT2D eigenvalue weighted by Crippen LogP contribution is -2.34. The van der Waals surface area contributed by atoms with Crippen molar-refractivity contribution < 1.29 is 19.2 Å². The van der Waals surface area contributed by atoms with Crippen molar-refractivity contribution in [3.63, 3.8) is 0 Å². The Balaban J connectivity index is 2.53. The van der Waals surface area contributed by atoms with E-state index in [0.717, 1.165) is 0 Å². The number of carbonyl (C=O) groups excluding carboxylic acids is 2. The number of nitrogens with one attached hydrogen (secondary N) is 1. The number of halogens is 1. The second kappa shape index (κ2) is 6.31. The van der Waals surface area contributed by atoms with Gasteiger partial charge in [0.1, 0.15) is 0 Å². The summed E-state index contributed by atoms with van der Waals surface area (Å²) in [5.41, 5.74) is 0.342. The van der Waals surface area contributed by atoms with E-state index in [4.69, 9.17) is 16.3 Å². The third kappa shape index (κ3) is 3.04. The third-order valence-electron chi connectivity index (χ3n) is 3.57. The molecule has 1 N–H and O–H groups in total. The van der Waals surface area contributed by atoms with Crippen LogP contribution in [0.15, 0.2) is 6.07 Å². The molecule has 7 nitrogen and oxygen atoms in total. The van der Waals surface area contributed by atoms with E-state index in [1.807, 2.05) is 0 Å². The summed E-state index contributed by atoms with van der Waals surface area (Å²) in [4.78, 5) is 34.2. The van der Waals surface area contributed by atoms with Gasteiger partial charge in [-0.15, -0.1) is 0 Å². The number of Topliss-reactive ketones (excluding diaryl/α,β-unsaturated/α-hetero) is 1. The Hall–Kier alpha value is -2.15. The van der Waals surface area contributed by atoms with Gasteiger partial charge in [-0.1, -0.05) is 11.6 Å². The maximum absolute atomic E-state index is 12.5. The van der Waals surface area contributed by atoms with Gasteiger partial charge < -0.3 is 10.1 Å². The Morgan fingerprint density at radius 3 is 2.77 bits per heavy atom. The maximum atomic E-state index is 12.5. The molecule has 0 unspecified atom stereocenters. The molecule has 0 saturated heterocycles. The average Bonchev–Trinajstić information content (AvgIpc) is 2.58. The molecule has 118 valence electrons. The lowest BCUT2D eigenvalue weighted by Gasteiger charge is -2.13. The minimum atomic E-state index is -0.630. The predicted octanol–water partition coefficient (Wildman–Crippen LogP) is 2.28. The number of nitro benzene ring substituents is 1. The highest BCUT2D eigenvalue weighted by Crippen LogP contribution is 2.40. The summed E-state index contributed by atoms with van der Waals surface area (Å²) in [6, 6.07) is 0.878. The molecule has 0 aliphatic heterocycles. The average molecular weight is 327 g/mol. The summed E-state index contributed by atoms with van der Waals surface area (Å²) >= 11 is 6.11. The lowest BCUT2D eigenvalue weighted by atomic mass is 9.99. The van der Waals surface area contributed by atoms with Crippen LogP contribution < -0.4 is 10.1 Å². The highest BCUT2D eigenvalue weighted by Gasteiger charge is 2.32. The van der Waals surface area contributed by atoms with Crippen LogP contribution in [0.25, 0.3) is 0 Å². The van der Waals surface area contributed by atoms with Crippen molar-refractivity contribution in [2.45, 2.75) is 32.2 Å². The van der Waals surface area contributed by atoms with Crippen molar-refractivity contribution in [3.8, 4) is 5.75 Å². The van der Waals surface area contributed by atoms with E-state index >= 15 is 0 Å². The molecular formula is C14H15ClN2O5. The highest BCUT2D eigenvalue weighted by molar-refractivity contribution is 6.32. The number of nitrogens with zero attached hydrogens (tertiary/aromatic N) is 1. The van der Waals surface area contributed by atoms with Crippen LogP contribution in [0.5, 0.6) is 5.75 Å². The largest absolute Gasteiger partial charge is 0.490 e. The molecule has 0 fully saturated rings. The third-order valence-corrected chi connectivity index (χ3v) is 3.91. The second-order valence-electron chi connectivity index (χ2n) is 5.08. The van der Waals surface area contributed by atoms with E-state index in [-0.39, 0.29) is 46.2 Å². The zero-order valence-electron chi connectivity index (χ0n) is 12.1.